The minimum Gasteiger partial charge on any atom is -0.314 e. The van der Waals surface area contributed by atoms with Crippen molar-refractivity contribution in [2.75, 3.05) is 13.1 Å². The predicted molar refractivity (Wildman–Crippen MR) is 84.5 cm³/mol. The normalized spacial score (nSPS) is 19.1. The van der Waals surface area contributed by atoms with Crippen LogP contribution in [0.2, 0.25) is 0 Å². The minimum absolute atomic E-state index is 0.131. The van der Waals surface area contributed by atoms with Crippen LogP contribution in [-0.2, 0) is 19.3 Å². The molecule has 0 N–H and O–H groups in total. The maximum absolute atomic E-state index is 12.9. The number of hydrogen-bond donors (Lipinski definition) is 0. The second-order valence-electron chi connectivity index (χ2n) is 6.25. The summed E-state index contributed by atoms with van der Waals surface area (Å²) in [6.07, 6.45) is -3.43. The van der Waals surface area contributed by atoms with Gasteiger partial charge in [-0.3, -0.25) is 4.90 Å². The highest BCUT2D eigenvalue weighted by molar-refractivity contribution is 5.29. The van der Waals surface area contributed by atoms with Crippen LogP contribution in [0, 0.1) is 6.92 Å². The van der Waals surface area contributed by atoms with E-state index in [1.54, 1.807) is 6.07 Å². The Labute approximate surface area is 139 Å². The van der Waals surface area contributed by atoms with E-state index >= 15 is 0 Å². The van der Waals surface area contributed by atoms with Gasteiger partial charge in [-0.05, 0) is 44.4 Å². The maximum Gasteiger partial charge on any atom is 0.416 e. The standard InChI is InChI=1S/C17H21F3N4/c1-3-24-12(2)21-22-16(24)11-23-8-7-14(10-23)13-5-4-6-15(9-13)17(18,19)20/h4-6,9,14H,3,7-8,10-11H2,1-2H3. The monoisotopic (exact) mass is 338 g/mol. The molecular formula is C17H21F3N4. The quantitative estimate of drug-likeness (QED) is 0.854. The lowest BCUT2D eigenvalue weighted by atomic mass is 9.96. The number of aromatic nitrogens is 3. The Morgan fingerprint density at radius 3 is 2.75 bits per heavy atom. The zero-order valence-corrected chi connectivity index (χ0v) is 13.8. The number of nitrogens with zero attached hydrogens (tertiary/aromatic N) is 4. The Balaban J connectivity index is 1.69. The fourth-order valence-electron chi connectivity index (χ4n) is 3.37. The molecule has 130 valence electrons. The third-order valence-corrected chi connectivity index (χ3v) is 4.65. The number of hydrogen-bond acceptors (Lipinski definition) is 3. The molecule has 1 atom stereocenters. The molecule has 1 aliphatic heterocycles. The van der Waals surface area contributed by atoms with Crippen LogP contribution in [0.15, 0.2) is 24.3 Å². The fraction of sp³-hybridized carbons (Fsp3) is 0.529. The molecule has 0 saturated carbocycles. The summed E-state index contributed by atoms with van der Waals surface area (Å²) in [5.74, 6) is 1.94. The number of alkyl halides is 3. The molecule has 1 aromatic carbocycles. The van der Waals surface area contributed by atoms with Crippen molar-refractivity contribution in [2.45, 2.75) is 45.5 Å². The predicted octanol–water partition coefficient (Wildman–Crippen LogP) is 3.61. The van der Waals surface area contributed by atoms with Gasteiger partial charge in [-0.15, -0.1) is 10.2 Å². The van der Waals surface area contributed by atoms with Crippen LogP contribution in [0.5, 0.6) is 0 Å². The summed E-state index contributed by atoms with van der Waals surface area (Å²) in [6, 6.07) is 5.70. The van der Waals surface area contributed by atoms with Crippen molar-refractivity contribution in [1.29, 1.82) is 0 Å². The zero-order chi connectivity index (χ0) is 17.3. The van der Waals surface area contributed by atoms with Gasteiger partial charge in [0.15, 0.2) is 0 Å². The molecule has 1 saturated heterocycles. The van der Waals surface area contributed by atoms with E-state index in [-0.39, 0.29) is 5.92 Å². The lowest BCUT2D eigenvalue weighted by Gasteiger charge is -2.17. The van der Waals surface area contributed by atoms with E-state index in [4.69, 9.17) is 0 Å². The maximum atomic E-state index is 12.9. The molecule has 7 heteroatoms. The SMILES string of the molecule is CCn1c(C)nnc1CN1CCC(c2cccc(C(F)(F)F)c2)C1. The van der Waals surface area contributed by atoms with Crippen LogP contribution in [0.4, 0.5) is 13.2 Å². The van der Waals surface area contributed by atoms with Crippen LogP contribution in [0.3, 0.4) is 0 Å². The van der Waals surface area contributed by atoms with Crippen molar-refractivity contribution in [2.24, 2.45) is 0 Å². The molecule has 3 rings (SSSR count). The molecule has 1 aromatic heterocycles. The lowest BCUT2D eigenvalue weighted by molar-refractivity contribution is -0.137. The molecule has 2 heterocycles. The molecular weight excluding hydrogens is 317 g/mol. The van der Waals surface area contributed by atoms with Gasteiger partial charge in [0, 0.05) is 13.1 Å². The number of likely N-dealkylation sites (tertiary alicyclic amines) is 1. The molecule has 0 aliphatic carbocycles. The van der Waals surface area contributed by atoms with Gasteiger partial charge in [-0.25, -0.2) is 0 Å². The Kier molecular flexibility index (Phi) is 4.62. The molecule has 1 fully saturated rings. The van der Waals surface area contributed by atoms with Crippen molar-refractivity contribution >= 4 is 0 Å². The van der Waals surface area contributed by atoms with Crippen molar-refractivity contribution in [1.82, 2.24) is 19.7 Å². The molecule has 0 bridgehead atoms. The van der Waals surface area contributed by atoms with Crippen molar-refractivity contribution in [3.8, 4) is 0 Å². The van der Waals surface area contributed by atoms with Crippen LogP contribution >= 0.6 is 0 Å². The summed E-state index contributed by atoms with van der Waals surface area (Å²) < 4.78 is 40.7. The van der Waals surface area contributed by atoms with E-state index in [2.05, 4.69) is 26.6 Å². The average Bonchev–Trinajstić information content (AvgIpc) is 3.14. The second kappa shape index (κ2) is 6.55. The highest BCUT2D eigenvalue weighted by atomic mass is 19.4. The number of halogens is 3. The summed E-state index contributed by atoms with van der Waals surface area (Å²) in [6.45, 7) is 7.08. The van der Waals surface area contributed by atoms with Gasteiger partial charge >= 0.3 is 6.18 Å². The molecule has 2 aromatic rings. The molecule has 0 spiro atoms. The number of rotatable bonds is 4. The Morgan fingerprint density at radius 2 is 2.04 bits per heavy atom. The van der Waals surface area contributed by atoms with Crippen LogP contribution < -0.4 is 0 Å². The highest BCUT2D eigenvalue weighted by Gasteiger charge is 2.32. The molecule has 1 aliphatic rings. The average molecular weight is 338 g/mol. The zero-order valence-electron chi connectivity index (χ0n) is 13.8. The molecule has 0 amide bonds. The van der Waals surface area contributed by atoms with Gasteiger partial charge in [0.25, 0.3) is 0 Å². The van der Waals surface area contributed by atoms with Gasteiger partial charge in [-0.1, -0.05) is 18.2 Å². The second-order valence-corrected chi connectivity index (χ2v) is 6.25. The van der Waals surface area contributed by atoms with Gasteiger partial charge in [0.05, 0.1) is 12.1 Å². The van der Waals surface area contributed by atoms with E-state index in [1.165, 1.54) is 12.1 Å². The smallest absolute Gasteiger partial charge is 0.314 e. The van der Waals surface area contributed by atoms with Gasteiger partial charge in [0.2, 0.25) is 0 Å². The number of benzene rings is 1. The van der Waals surface area contributed by atoms with Gasteiger partial charge < -0.3 is 4.57 Å². The largest absolute Gasteiger partial charge is 0.416 e. The third kappa shape index (κ3) is 3.45. The van der Waals surface area contributed by atoms with E-state index < -0.39 is 11.7 Å². The highest BCUT2D eigenvalue weighted by Crippen LogP contribution is 2.34. The van der Waals surface area contributed by atoms with Crippen molar-refractivity contribution in [3.05, 3.63) is 47.0 Å². The summed E-state index contributed by atoms with van der Waals surface area (Å²) in [5, 5.41) is 8.32. The third-order valence-electron chi connectivity index (χ3n) is 4.65. The molecule has 0 radical (unpaired) electrons. The van der Waals surface area contributed by atoms with E-state index in [1.807, 2.05) is 6.92 Å². The lowest BCUT2D eigenvalue weighted by Crippen LogP contribution is -2.22. The van der Waals surface area contributed by atoms with E-state index in [0.29, 0.717) is 6.54 Å². The first kappa shape index (κ1) is 17.0. The van der Waals surface area contributed by atoms with E-state index in [0.717, 1.165) is 49.3 Å². The first-order valence-electron chi connectivity index (χ1n) is 8.16. The molecule has 1 unspecified atom stereocenters. The number of aryl methyl sites for hydroxylation is 1. The van der Waals surface area contributed by atoms with Gasteiger partial charge in [-0.2, -0.15) is 13.2 Å². The van der Waals surface area contributed by atoms with Crippen molar-refractivity contribution < 1.29 is 13.2 Å². The van der Waals surface area contributed by atoms with Crippen molar-refractivity contribution in [3.63, 3.8) is 0 Å². The topological polar surface area (TPSA) is 34.0 Å². The Bertz CT molecular complexity index is 708. The van der Waals surface area contributed by atoms with E-state index in [9.17, 15) is 13.2 Å². The summed E-state index contributed by atoms with van der Waals surface area (Å²) in [7, 11) is 0. The first-order chi connectivity index (χ1) is 11.4. The fourth-order valence-corrected chi connectivity index (χ4v) is 3.37. The van der Waals surface area contributed by atoms with Crippen LogP contribution in [0.1, 0.15) is 42.0 Å². The minimum atomic E-state index is -4.29. The Hall–Kier alpha value is -1.89. The molecule has 4 nitrogen and oxygen atoms in total. The Morgan fingerprint density at radius 1 is 1.25 bits per heavy atom. The first-order valence-corrected chi connectivity index (χ1v) is 8.16. The summed E-state index contributed by atoms with van der Waals surface area (Å²) in [5.41, 5.74) is 0.195. The summed E-state index contributed by atoms with van der Waals surface area (Å²) in [4.78, 5) is 2.24. The van der Waals surface area contributed by atoms with Crippen LogP contribution in [-0.4, -0.2) is 32.8 Å². The van der Waals surface area contributed by atoms with Gasteiger partial charge in [0.1, 0.15) is 11.6 Å². The molecule has 24 heavy (non-hydrogen) atoms. The summed E-state index contributed by atoms with van der Waals surface area (Å²) >= 11 is 0. The van der Waals surface area contributed by atoms with Crippen LogP contribution in [0.25, 0.3) is 0 Å².